The molecule has 8 heteroatoms. The van der Waals surface area contributed by atoms with Gasteiger partial charge in [0.2, 0.25) is 5.91 Å². The minimum Gasteiger partial charge on any atom is -0.465 e. The third kappa shape index (κ3) is 3.88. The second kappa shape index (κ2) is 7.39. The molecule has 0 aliphatic carbocycles. The van der Waals surface area contributed by atoms with Crippen molar-refractivity contribution in [2.45, 2.75) is 32.9 Å². The van der Waals surface area contributed by atoms with E-state index < -0.39 is 5.97 Å². The molecule has 7 nitrogen and oxygen atoms in total. The van der Waals surface area contributed by atoms with Gasteiger partial charge in [-0.25, -0.2) is 4.79 Å². The molecule has 0 saturated heterocycles. The van der Waals surface area contributed by atoms with Gasteiger partial charge in [0.1, 0.15) is 0 Å². The zero-order valence-corrected chi connectivity index (χ0v) is 14.5. The van der Waals surface area contributed by atoms with Crippen LogP contribution in [-0.2, 0) is 16.1 Å². The van der Waals surface area contributed by atoms with Crippen LogP contribution >= 0.6 is 12.2 Å². The Morgan fingerprint density at radius 2 is 2.08 bits per heavy atom. The van der Waals surface area contributed by atoms with Crippen LogP contribution in [0.1, 0.15) is 30.6 Å². The fourth-order valence-corrected chi connectivity index (χ4v) is 2.59. The molecule has 0 aliphatic heterocycles. The number of aromatic amines is 1. The number of hydrogen-bond acceptors (Lipinski definition) is 5. The maximum absolute atomic E-state index is 12.6. The zero-order valence-electron chi connectivity index (χ0n) is 13.7. The van der Waals surface area contributed by atoms with Crippen LogP contribution < -0.4 is 10.9 Å². The van der Waals surface area contributed by atoms with E-state index in [1.54, 1.807) is 6.07 Å². The van der Waals surface area contributed by atoms with Gasteiger partial charge in [-0.3, -0.25) is 14.2 Å². The van der Waals surface area contributed by atoms with Gasteiger partial charge in [0.05, 0.1) is 23.6 Å². The number of ether oxygens (including phenoxy) is 1. The maximum Gasteiger partial charge on any atom is 0.337 e. The molecular formula is C16H19N3O4S. The van der Waals surface area contributed by atoms with Crippen molar-refractivity contribution in [1.82, 2.24) is 14.9 Å². The number of methoxy groups -OCH3 is 1. The summed E-state index contributed by atoms with van der Waals surface area (Å²) < 4.78 is 6.20. The summed E-state index contributed by atoms with van der Waals surface area (Å²) in [6, 6.07) is 4.62. The minimum atomic E-state index is -0.495. The zero-order chi connectivity index (χ0) is 17.9. The largest absolute Gasteiger partial charge is 0.465 e. The quantitative estimate of drug-likeness (QED) is 0.634. The number of nitrogens with one attached hydrogen (secondary N) is 2. The summed E-state index contributed by atoms with van der Waals surface area (Å²) in [5.74, 6) is -0.641. The molecule has 2 aromatic rings. The van der Waals surface area contributed by atoms with Gasteiger partial charge in [-0.05, 0) is 44.3 Å². The fourth-order valence-electron chi connectivity index (χ4n) is 2.31. The van der Waals surface area contributed by atoms with Gasteiger partial charge in [-0.15, -0.1) is 0 Å². The molecule has 0 atom stereocenters. The summed E-state index contributed by atoms with van der Waals surface area (Å²) in [7, 11) is 1.29. The van der Waals surface area contributed by atoms with Crippen LogP contribution in [0.2, 0.25) is 0 Å². The lowest BCUT2D eigenvalue weighted by Gasteiger charge is -2.10. The highest BCUT2D eigenvalue weighted by Crippen LogP contribution is 2.11. The van der Waals surface area contributed by atoms with E-state index in [-0.39, 0.29) is 35.2 Å². The van der Waals surface area contributed by atoms with Crippen LogP contribution in [-0.4, -0.2) is 34.6 Å². The molecule has 0 fully saturated rings. The van der Waals surface area contributed by atoms with Crippen LogP contribution in [0.4, 0.5) is 0 Å². The number of carbonyl (C=O) groups excluding carboxylic acids is 2. The summed E-state index contributed by atoms with van der Waals surface area (Å²) in [5.41, 5.74) is 0.474. The van der Waals surface area contributed by atoms with Crippen molar-refractivity contribution in [3.63, 3.8) is 0 Å². The number of aromatic nitrogens is 2. The monoisotopic (exact) mass is 349 g/mol. The Morgan fingerprint density at radius 3 is 2.71 bits per heavy atom. The first-order valence-electron chi connectivity index (χ1n) is 7.48. The predicted octanol–water partition coefficient (Wildman–Crippen LogP) is 1.76. The molecule has 128 valence electrons. The molecule has 0 unspecified atom stereocenters. The highest BCUT2D eigenvalue weighted by Gasteiger charge is 2.11. The van der Waals surface area contributed by atoms with Crippen LogP contribution in [0.25, 0.3) is 10.9 Å². The second-order valence-corrected chi connectivity index (χ2v) is 6.00. The Hall–Kier alpha value is -2.48. The molecule has 2 N–H and O–H groups in total. The topological polar surface area (TPSA) is 93.2 Å². The molecular weight excluding hydrogens is 330 g/mol. The number of benzene rings is 1. The summed E-state index contributed by atoms with van der Waals surface area (Å²) in [5, 5.41) is 3.15. The van der Waals surface area contributed by atoms with Crippen molar-refractivity contribution in [2.75, 3.05) is 7.11 Å². The minimum absolute atomic E-state index is 0.0390. The fraction of sp³-hybridized carbons (Fsp3) is 0.375. The van der Waals surface area contributed by atoms with E-state index >= 15 is 0 Å². The number of H-pyrrole nitrogens is 1. The normalized spacial score (nSPS) is 10.8. The van der Waals surface area contributed by atoms with E-state index in [2.05, 4.69) is 15.0 Å². The summed E-state index contributed by atoms with van der Waals surface area (Å²) >= 11 is 5.20. The molecule has 0 aliphatic rings. The molecule has 0 spiro atoms. The van der Waals surface area contributed by atoms with Crippen LogP contribution in [0, 0.1) is 4.77 Å². The predicted molar refractivity (Wildman–Crippen MR) is 92.6 cm³/mol. The van der Waals surface area contributed by atoms with E-state index in [1.165, 1.54) is 23.8 Å². The van der Waals surface area contributed by atoms with Crippen molar-refractivity contribution >= 4 is 35.0 Å². The average Bonchev–Trinajstić information content (AvgIpc) is 2.52. The first-order chi connectivity index (χ1) is 11.3. The number of esters is 1. The molecule has 1 aromatic heterocycles. The number of carbonyl (C=O) groups is 2. The first-order valence-corrected chi connectivity index (χ1v) is 7.89. The van der Waals surface area contributed by atoms with Gasteiger partial charge >= 0.3 is 5.97 Å². The van der Waals surface area contributed by atoms with E-state index in [0.29, 0.717) is 16.5 Å². The summed E-state index contributed by atoms with van der Waals surface area (Å²) in [6.45, 7) is 3.91. The van der Waals surface area contributed by atoms with Crippen LogP contribution in [0.3, 0.4) is 0 Å². The Labute approximate surface area is 143 Å². The lowest BCUT2D eigenvalue weighted by Crippen LogP contribution is -2.32. The molecule has 0 bridgehead atoms. The first kappa shape index (κ1) is 17.9. The number of rotatable bonds is 5. The lowest BCUT2D eigenvalue weighted by molar-refractivity contribution is -0.121. The molecule has 2 rings (SSSR count). The van der Waals surface area contributed by atoms with Crippen LogP contribution in [0.15, 0.2) is 23.0 Å². The number of nitrogens with zero attached hydrogens (tertiary/aromatic N) is 1. The SMILES string of the molecule is COC(=O)c1ccc2c(=O)n(CCC(=O)NC(C)C)c(=S)[nH]c2c1. The molecule has 1 aromatic carbocycles. The molecule has 1 amide bonds. The second-order valence-electron chi connectivity index (χ2n) is 5.61. The number of fused-ring (bicyclic) bond motifs is 1. The Morgan fingerprint density at radius 1 is 1.38 bits per heavy atom. The highest BCUT2D eigenvalue weighted by molar-refractivity contribution is 7.71. The molecule has 24 heavy (non-hydrogen) atoms. The van der Waals surface area contributed by atoms with Gasteiger partial charge in [0.15, 0.2) is 4.77 Å². The van der Waals surface area contributed by atoms with Crippen molar-refractivity contribution in [3.05, 3.63) is 38.9 Å². The van der Waals surface area contributed by atoms with Crippen molar-refractivity contribution in [3.8, 4) is 0 Å². The Bertz CT molecular complexity index is 898. The van der Waals surface area contributed by atoms with E-state index in [9.17, 15) is 14.4 Å². The van der Waals surface area contributed by atoms with Gasteiger partial charge in [-0.2, -0.15) is 0 Å². The van der Waals surface area contributed by atoms with E-state index in [1.807, 2.05) is 13.8 Å². The van der Waals surface area contributed by atoms with Crippen molar-refractivity contribution in [2.24, 2.45) is 0 Å². The van der Waals surface area contributed by atoms with Gasteiger partial charge in [0.25, 0.3) is 5.56 Å². The van der Waals surface area contributed by atoms with Crippen molar-refractivity contribution < 1.29 is 14.3 Å². The summed E-state index contributed by atoms with van der Waals surface area (Å²) in [4.78, 5) is 38.8. The molecule has 0 saturated carbocycles. The third-order valence-electron chi connectivity index (χ3n) is 3.42. The maximum atomic E-state index is 12.6. The Balaban J connectivity index is 2.36. The van der Waals surface area contributed by atoms with Gasteiger partial charge in [0, 0.05) is 19.0 Å². The standard InChI is InChI=1S/C16H19N3O4S/c1-9(2)17-13(20)6-7-19-14(21)11-5-4-10(15(22)23-3)8-12(11)18-16(19)24/h4-5,8-9H,6-7H2,1-3H3,(H,17,20)(H,18,24). The van der Waals surface area contributed by atoms with E-state index in [4.69, 9.17) is 12.2 Å². The lowest BCUT2D eigenvalue weighted by atomic mass is 10.1. The van der Waals surface area contributed by atoms with Gasteiger partial charge < -0.3 is 15.0 Å². The van der Waals surface area contributed by atoms with Crippen molar-refractivity contribution in [1.29, 1.82) is 0 Å². The van der Waals surface area contributed by atoms with Gasteiger partial charge in [-0.1, -0.05) is 0 Å². The summed E-state index contributed by atoms with van der Waals surface area (Å²) in [6.07, 6.45) is 0.154. The molecule has 1 heterocycles. The van der Waals surface area contributed by atoms with Crippen LogP contribution in [0.5, 0.6) is 0 Å². The number of amides is 1. The smallest absolute Gasteiger partial charge is 0.337 e. The third-order valence-corrected chi connectivity index (χ3v) is 3.74. The average molecular weight is 349 g/mol. The Kier molecular flexibility index (Phi) is 5.50. The molecule has 0 radical (unpaired) electrons. The number of hydrogen-bond donors (Lipinski definition) is 2. The van der Waals surface area contributed by atoms with E-state index in [0.717, 1.165) is 0 Å². The highest BCUT2D eigenvalue weighted by atomic mass is 32.1.